The van der Waals surface area contributed by atoms with Crippen molar-refractivity contribution in [2.45, 2.75) is 20.3 Å². The quantitative estimate of drug-likeness (QED) is 0.350. The summed E-state index contributed by atoms with van der Waals surface area (Å²) in [6, 6.07) is 12.8. The summed E-state index contributed by atoms with van der Waals surface area (Å²) < 4.78 is 16.4. The molecule has 0 saturated carbocycles. The number of aryl methyl sites for hydroxylation is 1. The molecule has 0 aliphatic rings. The highest BCUT2D eigenvalue weighted by molar-refractivity contribution is 6.10. The zero-order valence-corrected chi connectivity index (χ0v) is 17.3. The molecule has 8 nitrogen and oxygen atoms in total. The molecule has 0 spiro atoms. The van der Waals surface area contributed by atoms with E-state index in [1.165, 1.54) is 6.26 Å². The Morgan fingerprint density at radius 3 is 2.65 bits per heavy atom. The molecule has 2 heterocycles. The highest BCUT2D eigenvalue weighted by Gasteiger charge is 2.15. The molecule has 2 aromatic carbocycles. The molecule has 2 aromatic heterocycles. The van der Waals surface area contributed by atoms with Gasteiger partial charge in [0.05, 0.1) is 31.0 Å². The van der Waals surface area contributed by atoms with Gasteiger partial charge in [0.25, 0.3) is 5.91 Å². The number of methoxy groups -OCH3 is 1. The molecule has 0 aliphatic carbocycles. The van der Waals surface area contributed by atoms with Crippen LogP contribution in [-0.4, -0.2) is 24.6 Å². The number of nitrogens with one attached hydrogen (secondary N) is 2. The molecule has 0 fully saturated rings. The van der Waals surface area contributed by atoms with Crippen LogP contribution in [0.2, 0.25) is 0 Å². The first-order valence-corrected chi connectivity index (χ1v) is 9.63. The topological polar surface area (TPSA) is 106 Å². The Labute approximate surface area is 177 Å². The molecule has 8 heteroatoms. The molecule has 158 valence electrons. The first kappa shape index (κ1) is 20.2. The Morgan fingerprint density at radius 1 is 1.10 bits per heavy atom. The van der Waals surface area contributed by atoms with E-state index in [0.29, 0.717) is 34.1 Å². The summed E-state index contributed by atoms with van der Waals surface area (Å²) in [7, 11) is 1.54. The Hall–Kier alpha value is -4.07. The van der Waals surface area contributed by atoms with Gasteiger partial charge in [0, 0.05) is 22.6 Å². The van der Waals surface area contributed by atoms with Crippen molar-refractivity contribution in [3.63, 3.8) is 0 Å². The lowest BCUT2D eigenvalue weighted by Gasteiger charge is -2.10. The van der Waals surface area contributed by atoms with Crippen LogP contribution >= 0.6 is 0 Å². The third kappa shape index (κ3) is 4.13. The van der Waals surface area contributed by atoms with Crippen LogP contribution in [0.4, 0.5) is 5.69 Å². The summed E-state index contributed by atoms with van der Waals surface area (Å²) >= 11 is 0. The van der Waals surface area contributed by atoms with Gasteiger partial charge in [0.2, 0.25) is 5.91 Å². The van der Waals surface area contributed by atoms with Crippen LogP contribution in [0.1, 0.15) is 29.5 Å². The fourth-order valence-electron chi connectivity index (χ4n) is 3.31. The highest BCUT2D eigenvalue weighted by Crippen LogP contribution is 2.36. The number of furan rings is 2. The lowest BCUT2D eigenvalue weighted by atomic mass is 10.1. The molecule has 0 aliphatic heterocycles. The number of benzene rings is 2. The Balaban J connectivity index is 1.48. The molecular formula is C23H21N3O5. The molecule has 0 saturated heterocycles. The minimum absolute atomic E-state index is 0.00797. The van der Waals surface area contributed by atoms with Crippen LogP contribution in [-0.2, 0) is 4.79 Å². The lowest BCUT2D eigenvalue weighted by Crippen LogP contribution is -2.21. The second kappa shape index (κ2) is 8.35. The molecule has 0 radical (unpaired) electrons. The predicted octanol–water partition coefficient (Wildman–Crippen LogP) is 4.63. The van der Waals surface area contributed by atoms with Gasteiger partial charge in [-0.2, -0.15) is 5.10 Å². The Bertz CT molecular complexity index is 1320. The number of fused-ring (bicyclic) bond motifs is 3. The Kier molecular flexibility index (Phi) is 5.44. The maximum atomic E-state index is 12.5. The molecule has 4 rings (SSSR count). The largest absolute Gasteiger partial charge is 0.495 e. The zero-order valence-electron chi connectivity index (χ0n) is 17.3. The standard InChI is InChI=1S/C23H21N3O5/c1-13(25-26-23(28)15-8-9-30-14(15)2)10-22(27)24-18-12-20-17(11-21(18)29-3)16-6-4-5-7-19(16)31-20/h4-9,11-12H,10H2,1-3H3,(H,24,27)(H,26,28). The first-order chi connectivity index (χ1) is 15.0. The summed E-state index contributed by atoms with van der Waals surface area (Å²) in [6.07, 6.45) is 1.42. The van der Waals surface area contributed by atoms with E-state index in [2.05, 4.69) is 15.8 Å². The first-order valence-electron chi connectivity index (χ1n) is 9.63. The number of nitrogens with zero attached hydrogens (tertiary/aromatic N) is 1. The molecular weight excluding hydrogens is 398 g/mol. The average Bonchev–Trinajstić information content (AvgIpc) is 3.34. The van der Waals surface area contributed by atoms with Gasteiger partial charge >= 0.3 is 0 Å². The number of carbonyl (C=O) groups is 2. The van der Waals surface area contributed by atoms with Crippen LogP contribution in [0.25, 0.3) is 21.9 Å². The number of para-hydroxylation sites is 1. The van der Waals surface area contributed by atoms with Crippen molar-refractivity contribution in [1.29, 1.82) is 0 Å². The third-order valence-corrected chi connectivity index (χ3v) is 4.84. The summed E-state index contributed by atoms with van der Waals surface area (Å²) in [6.45, 7) is 3.34. The number of hydrogen-bond acceptors (Lipinski definition) is 6. The van der Waals surface area contributed by atoms with Gasteiger partial charge in [-0.25, -0.2) is 5.43 Å². The van der Waals surface area contributed by atoms with Crippen LogP contribution < -0.4 is 15.5 Å². The van der Waals surface area contributed by atoms with E-state index in [1.807, 2.05) is 30.3 Å². The van der Waals surface area contributed by atoms with Gasteiger partial charge in [-0.3, -0.25) is 9.59 Å². The van der Waals surface area contributed by atoms with Gasteiger partial charge in [0.1, 0.15) is 22.7 Å². The predicted molar refractivity (Wildman–Crippen MR) is 118 cm³/mol. The van der Waals surface area contributed by atoms with Crippen molar-refractivity contribution in [2.75, 3.05) is 12.4 Å². The molecule has 0 atom stereocenters. The summed E-state index contributed by atoms with van der Waals surface area (Å²) in [5, 5.41) is 8.69. The number of hydrazone groups is 1. The van der Waals surface area contributed by atoms with E-state index in [4.69, 9.17) is 13.6 Å². The van der Waals surface area contributed by atoms with Crippen molar-refractivity contribution >= 4 is 45.2 Å². The normalized spacial score (nSPS) is 11.6. The van der Waals surface area contributed by atoms with E-state index in [1.54, 1.807) is 33.1 Å². The van der Waals surface area contributed by atoms with Crippen LogP contribution in [0.5, 0.6) is 5.75 Å². The molecule has 0 bridgehead atoms. The maximum Gasteiger partial charge on any atom is 0.274 e. The van der Waals surface area contributed by atoms with E-state index < -0.39 is 5.91 Å². The second-order valence-electron chi connectivity index (χ2n) is 7.05. The number of ether oxygens (including phenoxy) is 1. The number of amides is 2. The minimum Gasteiger partial charge on any atom is -0.495 e. The molecule has 2 amide bonds. The van der Waals surface area contributed by atoms with Crippen molar-refractivity contribution in [3.05, 3.63) is 60.1 Å². The molecule has 4 aromatic rings. The van der Waals surface area contributed by atoms with Crippen molar-refractivity contribution < 1.29 is 23.2 Å². The second-order valence-corrected chi connectivity index (χ2v) is 7.05. The average molecular weight is 419 g/mol. The van der Waals surface area contributed by atoms with Crippen LogP contribution in [0, 0.1) is 6.92 Å². The van der Waals surface area contributed by atoms with Crippen molar-refractivity contribution in [3.8, 4) is 5.75 Å². The fraction of sp³-hybridized carbons (Fsp3) is 0.174. The van der Waals surface area contributed by atoms with Crippen molar-refractivity contribution in [2.24, 2.45) is 5.10 Å². The molecule has 2 N–H and O–H groups in total. The summed E-state index contributed by atoms with van der Waals surface area (Å²) in [5.41, 5.74) is 5.15. The third-order valence-electron chi connectivity index (χ3n) is 4.84. The minimum atomic E-state index is -0.400. The van der Waals surface area contributed by atoms with Gasteiger partial charge in [-0.05, 0) is 32.0 Å². The molecule has 31 heavy (non-hydrogen) atoms. The number of hydrogen-bond donors (Lipinski definition) is 2. The SMILES string of the molecule is COc1cc2c(cc1NC(=O)CC(C)=NNC(=O)c1ccoc1C)oc1ccccc12. The van der Waals surface area contributed by atoms with Gasteiger partial charge < -0.3 is 18.9 Å². The number of carbonyl (C=O) groups excluding carboxylic acids is 2. The Morgan fingerprint density at radius 2 is 1.90 bits per heavy atom. The van der Waals surface area contributed by atoms with Crippen LogP contribution in [0.3, 0.4) is 0 Å². The van der Waals surface area contributed by atoms with Gasteiger partial charge in [-0.1, -0.05) is 18.2 Å². The fourth-order valence-corrected chi connectivity index (χ4v) is 3.31. The van der Waals surface area contributed by atoms with Gasteiger partial charge in [0.15, 0.2) is 0 Å². The van der Waals surface area contributed by atoms with E-state index in [-0.39, 0.29) is 12.3 Å². The van der Waals surface area contributed by atoms with Crippen LogP contribution in [0.15, 0.2) is 62.7 Å². The van der Waals surface area contributed by atoms with E-state index in [0.717, 1.165) is 16.4 Å². The van der Waals surface area contributed by atoms with E-state index in [9.17, 15) is 9.59 Å². The number of anilines is 1. The summed E-state index contributed by atoms with van der Waals surface area (Å²) in [4.78, 5) is 24.6. The highest BCUT2D eigenvalue weighted by atomic mass is 16.5. The molecule has 0 unspecified atom stereocenters. The van der Waals surface area contributed by atoms with Crippen molar-refractivity contribution in [1.82, 2.24) is 5.43 Å². The maximum absolute atomic E-state index is 12.5. The number of rotatable bonds is 6. The zero-order chi connectivity index (χ0) is 22.0. The lowest BCUT2D eigenvalue weighted by molar-refractivity contribution is -0.115. The monoisotopic (exact) mass is 419 g/mol. The van der Waals surface area contributed by atoms with Gasteiger partial charge in [-0.15, -0.1) is 0 Å². The summed E-state index contributed by atoms with van der Waals surface area (Å²) in [5.74, 6) is 0.314. The van der Waals surface area contributed by atoms with E-state index >= 15 is 0 Å². The smallest absolute Gasteiger partial charge is 0.274 e.